The van der Waals surface area contributed by atoms with Crippen molar-refractivity contribution < 1.29 is 14.9 Å². The monoisotopic (exact) mass is 317 g/mol. The zero-order valence-electron chi connectivity index (χ0n) is 14.4. The van der Waals surface area contributed by atoms with E-state index in [1.807, 2.05) is 6.92 Å². The first-order valence-corrected chi connectivity index (χ1v) is 8.38. The van der Waals surface area contributed by atoms with Crippen LogP contribution >= 0.6 is 0 Å². The van der Waals surface area contributed by atoms with Crippen molar-refractivity contribution >= 4 is 5.57 Å². The molecule has 23 heavy (non-hydrogen) atoms. The van der Waals surface area contributed by atoms with Gasteiger partial charge in [-0.05, 0) is 68.7 Å². The highest BCUT2D eigenvalue weighted by Gasteiger charge is 2.47. The average Bonchev–Trinajstić information content (AvgIpc) is 2.75. The van der Waals surface area contributed by atoms with Crippen LogP contribution in [0.15, 0.2) is 17.9 Å². The molecule has 4 nitrogen and oxygen atoms in total. The van der Waals surface area contributed by atoms with Crippen LogP contribution in [0.4, 0.5) is 0 Å². The highest BCUT2D eigenvalue weighted by atomic mass is 16.5. The fourth-order valence-corrected chi connectivity index (χ4v) is 4.02. The van der Waals surface area contributed by atoms with Crippen LogP contribution in [0.25, 0.3) is 5.57 Å². The summed E-state index contributed by atoms with van der Waals surface area (Å²) in [6.07, 6.45) is 2.76. The number of hydrogen-bond acceptors (Lipinski definition) is 4. The molecule has 1 aromatic carbocycles. The number of benzene rings is 1. The normalized spacial score (nSPS) is 31.2. The van der Waals surface area contributed by atoms with Crippen LogP contribution in [0.1, 0.15) is 47.9 Å². The van der Waals surface area contributed by atoms with E-state index in [0.717, 1.165) is 36.8 Å². The zero-order chi connectivity index (χ0) is 16.8. The van der Waals surface area contributed by atoms with Crippen LogP contribution in [0.3, 0.4) is 0 Å². The SMILES string of the molecule is COC1CCC2(CC1)NC(O)C(c1cc(C)c(C)cc1C)=C2O. The maximum Gasteiger partial charge on any atom is 0.135 e. The van der Waals surface area contributed by atoms with Crippen LogP contribution in [0, 0.1) is 20.8 Å². The van der Waals surface area contributed by atoms with Crippen molar-refractivity contribution in [2.75, 3.05) is 7.11 Å². The second kappa shape index (κ2) is 5.93. The van der Waals surface area contributed by atoms with Crippen molar-refractivity contribution in [3.05, 3.63) is 40.1 Å². The van der Waals surface area contributed by atoms with Gasteiger partial charge in [-0.25, -0.2) is 0 Å². The van der Waals surface area contributed by atoms with Gasteiger partial charge in [-0.1, -0.05) is 12.1 Å². The molecule has 3 rings (SSSR count). The Balaban J connectivity index is 2.00. The fraction of sp³-hybridized carbons (Fsp3) is 0.579. The van der Waals surface area contributed by atoms with Crippen LogP contribution in [-0.2, 0) is 4.74 Å². The quantitative estimate of drug-likeness (QED) is 0.784. The molecule has 0 saturated heterocycles. The first kappa shape index (κ1) is 16.5. The van der Waals surface area contributed by atoms with Crippen molar-refractivity contribution in [3.63, 3.8) is 0 Å². The van der Waals surface area contributed by atoms with Gasteiger partial charge in [0.1, 0.15) is 12.0 Å². The van der Waals surface area contributed by atoms with E-state index in [1.54, 1.807) is 7.11 Å². The first-order chi connectivity index (χ1) is 10.9. The minimum absolute atomic E-state index is 0.250. The van der Waals surface area contributed by atoms with Crippen LogP contribution in [0.5, 0.6) is 0 Å². The molecule has 1 fully saturated rings. The third kappa shape index (κ3) is 2.69. The number of rotatable bonds is 2. The highest BCUT2D eigenvalue weighted by molar-refractivity contribution is 5.77. The minimum atomic E-state index is -0.824. The van der Waals surface area contributed by atoms with Crippen LogP contribution in [0.2, 0.25) is 0 Å². The molecule has 0 aromatic heterocycles. The van der Waals surface area contributed by atoms with Gasteiger partial charge < -0.3 is 14.9 Å². The Bertz CT molecular complexity index is 642. The van der Waals surface area contributed by atoms with Crippen molar-refractivity contribution in [1.29, 1.82) is 0 Å². The summed E-state index contributed by atoms with van der Waals surface area (Å²) < 4.78 is 5.43. The molecular formula is C19H27NO3. The number of hydrogen-bond donors (Lipinski definition) is 3. The summed E-state index contributed by atoms with van der Waals surface area (Å²) in [5.41, 5.74) is 4.55. The molecule has 1 atom stereocenters. The molecule has 1 aliphatic heterocycles. The molecule has 126 valence electrons. The molecule has 1 heterocycles. The Kier molecular flexibility index (Phi) is 4.25. The zero-order valence-corrected chi connectivity index (χ0v) is 14.4. The number of methoxy groups -OCH3 is 1. The maximum atomic E-state index is 10.9. The van der Waals surface area contributed by atoms with Gasteiger partial charge in [0, 0.05) is 12.7 Å². The average molecular weight is 317 g/mol. The van der Waals surface area contributed by atoms with Gasteiger partial charge in [-0.2, -0.15) is 0 Å². The number of aliphatic hydroxyl groups is 2. The van der Waals surface area contributed by atoms with Crippen molar-refractivity contribution in [2.24, 2.45) is 0 Å². The van der Waals surface area contributed by atoms with Gasteiger partial charge in [-0.15, -0.1) is 0 Å². The Morgan fingerprint density at radius 3 is 2.30 bits per heavy atom. The topological polar surface area (TPSA) is 61.7 Å². The first-order valence-electron chi connectivity index (χ1n) is 8.38. The highest BCUT2D eigenvalue weighted by Crippen LogP contribution is 2.43. The molecule has 2 aliphatic rings. The number of ether oxygens (including phenoxy) is 1. The lowest BCUT2D eigenvalue weighted by Crippen LogP contribution is -2.49. The van der Waals surface area contributed by atoms with Crippen molar-refractivity contribution in [2.45, 2.75) is 64.3 Å². The summed E-state index contributed by atoms with van der Waals surface area (Å²) in [5, 5.41) is 24.8. The molecular weight excluding hydrogens is 290 g/mol. The number of nitrogens with one attached hydrogen (secondary N) is 1. The van der Waals surface area contributed by atoms with E-state index in [1.165, 1.54) is 11.1 Å². The molecule has 3 N–H and O–H groups in total. The molecule has 0 bridgehead atoms. The van der Waals surface area contributed by atoms with E-state index in [0.29, 0.717) is 11.3 Å². The van der Waals surface area contributed by atoms with Crippen molar-refractivity contribution in [1.82, 2.24) is 5.32 Å². The maximum absolute atomic E-state index is 10.9. The van der Waals surface area contributed by atoms with Gasteiger partial charge in [0.25, 0.3) is 0 Å². The molecule has 0 amide bonds. The summed E-state index contributed by atoms with van der Waals surface area (Å²) in [5.74, 6) is 0.311. The summed E-state index contributed by atoms with van der Waals surface area (Å²) in [6, 6.07) is 4.19. The van der Waals surface area contributed by atoms with E-state index in [4.69, 9.17) is 4.74 Å². The summed E-state index contributed by atoms with van der Waals surface area (Å²) in [4.78, 5) is 0. The third-order valence-corrected chi connectivity index (χ3v) is 5.65. The Labute approximate surface area is 138 Å². The largest absolute Gasteiger partial charge is 0.510 e. The smallest absolute Gasteiger partial charge is 0.135 e. The van der Waals surface area contributed by atoms with Crippen LogP contribution < -0.4 is 5.32 Å². The molecule has 1 aromatic rings. The molecule has 0 radical (unpaired) electrons. The number of aliphatic hydroxyl groups excluding tert-OH is 2. The summed E-state index contributed by atoms with van der Waals surface area (Å²) >= 11 is 0. The van der Waals surface area contributed by atoms with Crippen molar-refractivity contribution in [3.8, 4) is 0 Å². The van der Waals surface area contributed by atoms with E-state index < -0.39 is 11.8 Å². The van der Waals surface area contributed by atoms with E-state index in [9.17, 15) is 10.2 Å². The molecule has 1 spiro atoms. The fourth-order valence-electron chi connectivity index (χ4n) is 4.02. The Morgan fingerprint density at radius 2 is 1.70 bits per heavy atom. The Hall–Kier alpha value is -1.36. The second-order valence-corrected chi connectivity index (χ2v) is 7.08. The van der Waals surface area contributed by atoms with E-state index >= 15 is 0 Å². The van der Waals surface area contributed by atoms with Gasteiger partial charge >= 0.3 is 0 Å². The summed E-state index contributed by atoms with van der Waals surface area (Å²) in [6.45, 7) is 6.17. The van der Waals surface area contributed by atoms with Crippen LogP contribution in [-0.4, -0.2) is 35.2 Å². The molecule has 4 heteroatoms. The lowest BCUT2D eigenvalue weighted by atomic mass is 9.79. The predicted octanol–water partition coefficient (Wildman–Crippen LogP) is 3.13. The second-order valence-electron chi connectivity index (χ2n) is 7.08. The molecule has 1 unspecified atom stereocenters. The van der Waals surface area contributed by atoms with E-state index in [2.05, 4.69) is 31.3 Å². The van der Waals surface area contributed by atoms with Gasteiger partial charge in [0.2, 0.25) is 0 Å². The lowest BCUT2D eigenvalue weighted by molar-refractivity contribution is 0.0341. The Morgan fingerprint density at radius 1 is 1.09 bits per heavy atom. The van der Waals surface area contributed by atoms with Gasteiger partial charge in [-0.3, -0.25) is 5.32 Å². The van der Waals surface area contributed by atoms with Gasteiger partial charge in [0.15, 0.2) is 0 Å². The number of aryl methyl sites for hydroxylation is 3. The van der Waals surface area contributed by atoms with E-state index in [-0.39, 0.29) is 6.10 Å². The molecule has 1 aliphatic carbocycles. The minimum Gasteiger partial charge on any atom is -0.510 e. The van der Waals surface area contributed by atoms with Gasteiger partial charge in [0.05, 0.1) is 11.6 Å². The summed E-state index contributed by atoms with van der Waals surface area (Å²) in [7, 11) is 1.74. The third-order valence-electron chi connectivity index (χ3n) is 5.65. The standard InChI is InChI=1S/C19H27NO3/c1-11-9-13(3)15(10-12(11)2)16-17(21)19(20-18(16)22)7-5-14(23-4)6-8-19/h9-10,14,18,20-22H,5-8H2,1-4H3. The molecule has 1 saturated carbocycles. The predicted molar refractivity (Wildman–Crippen MR) is 91.3 cm³/mol. The lowest BCUT2D eigenvalue weighted by Gasteiger charge is -2.37.